The predicted octanol–water partition coefficient (Wildman–Crippen LogP) is 6.43. The number of nitrogens with zero attached hydrogens (tertiary/aromatic N) is 2. The van der Waals surface area contributed by atoms with Crippen molar-refractivity contribution in [2.45, 2.75) is 13.8 Å². The Morgan fingerprint density at radius 2 is 1.33 bits per heavy atom. The Morgan fingerprint density at radius 3 is 1.79 bits per heavy atom. The molecule has 5 nitrogen and oxygen atoms in total. The molecule has 0 N–H and O–H groups in total. The first-order chi connectivity index (χ1) is 11.5. The Labute approximate surface area is 151 Å². The van der Waals surface area contributed by atoms with E-state index in [2.05, 4.69) is 10.2 Å². The standard InChI is InChI=1S/C16H18ClN2O3PS/c1-3-20-23(24,21-4-2)22-16-11-9-15(10-12-16)19-18-14-7-5-13(17)6-8-14/h5-12H,3-4H2,1-2H3. The molecule has 128 valence electrons. The fourth-order valence-electron chi connectivity index (χ4n) is 1.73. The molecule has 0 aliphatic heterocycles. The van der Waals surface area contributed by atoms with Crippen LogP contribution >= 0.6 is 18.3 Å². The summed E-state index contributed by atoms with van der Waals surface area (Å²) in [6.45, 7) is 1.81. The minimum atomic E-state index is -2.76. The Hall–Kier alpha value is -1.30. The number of hydrogen-bond donors (Lipinski definition) is 0. The molecule has 2 aromatic carbocycles. The Balaban J connectivity index is 2.04. The molecule has 8 heteroatoms. The average molecular weight is 385 g/mol. The lowest BCUT2D eigenvalue weighted by Crippen LogP contribution is -2.01. The summed E-state index contributed by atoms with van der Waals surface area (Å²) < 4.78 is 16.6. The quantitative estimate of drug-likeness (QED) is 0.388. The number of benzene rings is 2. The summed E-state index contributed by atoms with van der Waals surface area (Å²) >= 11 is 11.2. The fraction of sp³-hybridized carbons (Fsp3) is 0.250. The summed E-state index contributed by atoms with van der Waals surface area (Å²) in [6.07, 6.45) is 0. The highest BCUT2D eigenvalue weighted by Gasteiger charge is 2.20. The molecule has 0 fully saturated rings. The Bertz CT molecular complexity index is 713. The van der Waals surface area contributed by atoms with Crippen LogP contribution in [0.1, 0.15) is 13.8 Å². The van der Waals surface area contributed by atoms with E-state index >= 15 is 0 Å². The molecule has 0 atom stereocenters. The highest BCUT2D eigenvalue weighted by Crippen LogP contribution is 2.49. The molecule has 0 spiro atoms. The van der Waals surface area contributed by atoms with E-state index in [1.165, 1.54) is 0 Å². The SMILES string of the molecule is CCOP(=S)(OCC)Oc1ccc(N=Nc2ccc(Cl)cc2)cc1. The third-order valence-corrected chi connectivity index (χ3v) is 5.43. The molecule has 0 bridgehead atoms. The van der Waals surface area contributed by atoms with Crippen LogP contribution in [-0.2, 0) is 20.9 Å². The third-order valence-electron chi connectivity index (χ3n) is 2.74. The smallest absolute Gasteiger partial charge is 0.380 e. The van der Waals surface area contributed by atoms with Crippen LogP contribution in [0.15, 0.2) is 58.8 Å². The zero-order valence-electron chi connectivity index (χ0n) is 13.4. The molecule has 0 unspecified atom stereocenters. The molecular formula is C16H18ClN2O3PS. The van der Waals surface area contributed by atoms with Crippen molar-refractivity contribution in [1.82, 2.24) is 0 Å². The molecule has 0 saturated heterocycles. The maximum atomic E-state index is 5.83. The van der Waals surface area contributed by atoms with Gasteiger partial charge in [-0.15, -0.1) is 0 Å². The van der Waals surface area contributed by atoms with Crippen LogP contribution in [0, 0.1) is 0 Å². The van der Waals surface area contributed by atoms with Gasteiger partial charge in [0.2, 0.25) is 0 Å². The molecule has 0 radical (unpaired) electrons. The zero-order chi connectivity index (χ0) is 17.4. The maximum absolute atomic E-state index is 5.83. The maximum Gasteiger partial charge on any atom is 0.380 e. The predicted molar refractivity (Wildman–Crippen MR) is 100 cm³/mol. The lowest BCUT2D eigenvalue weighted by atomic mass is 10.3. The van der Waals surface area contributed by atoms with E-state index in [1.807, 2.05) is 13.8 Å². The second kappa shape index (κ2) is 9.25. The van der Waals surface area contributed by atoms with E-state index in [-0.39, 0.29) is 0 Å². The summed E-state index contributed by atoms with van der Waals surface area (Å²) in [5.74, 6) is 0.575. The Morgan fingerprint density at radius 1 is 0.875 bits per heavy atom. The summed E-state index contributed by atoms with van der Waals surface area (Å²) in [7, 11) is 0. The molecule has 0 aliphatic rings. The van der Waals surface area contributed by atoms with Crippen molar-refractivity contribution in [3.05, 3.63) is 53.6 Å². The van der Waals surface area contributed by atoms with E-state index in [9.17, 15) is 0 Å². The van der Waals surface area contributed by atoms with Crippen LogP contribution in [0.4, 0.5) is 11.4 Å². The highest BCUT2D eigenvalue weighted by molar-refractivity contribution is 8.07. The minimum Gasteiger partial charge on any atom is -0.424 e. The minimum absolute atomic E-state index is 0.435. The van der Waals surface area contributed by atoms with Crippen LogP contribution in [-0.4, -0.2) is 13.2 Å². The highest BCUT2D eigenvalue weighted by atomic mass is 35.5. The van der Waals surface area contributed by atoms with E-state index < -0.39 is 6.72 Å². The van der Waals surface area contributed by atoms with Gasteiger partial charge >= 0.3 is 6.72 Å². The molecular weight excluding hydrogens is 367 g/mol. The van der Waals surface area contributed by atoms with Crippen LogP contribution in [0.5, 0.6) is 5.75 Å². The lowest BCUT2D eigenvalue weighted by Gasteiger charge is -2.20. The van der Waals surface area contributed by atoms with Crippen molar-refractivity contribution < 1.29 is 13.6 Å². The van der Waals surface area contributed by atoms with Gasteiger partial charge in [0.05, 0.1) is 24.6 Å². The number of azo groups is 1. The van der Waals surface area contributed by atoms with Gasteiger partial charge in [0.1, 0.15) is 5.75 Å². The van der Waals surface area contributed by atoms with Crippen molar-refractivity contribution in [3.8, 4) is 5.75 Å². The van der Waals surface area contributed by atoms with Gasteiger partial charge in [0, 0.05) is 16.8 Å². The summed E-state index contributed by atoms with van der Waals surface area (Å²) in [6, 6.07) is 14.2. The van der Waals surface area contributed by atoms with Crippen LogP contribution < -0.4 is 4.52 Å². The molecule has 0 aliphatic carbocycles. The van der Waals surface area contributed by atoms with Crippen molar-refractivity contribution in [3.63, 3.8) is 0 Å². The topological polar surface area (TPSA) is 52.4 Å². The van der Waals surface area contributed by atoms with Gasteiger partial charge in [0.25, 0.3) is 0 Å². The van der Waals surface area contributed by atoms with Gasteiger partial charge < -0.3 is 4.52 Å². The van der Waals surface area contributed by atoms with Gasteiger partial charge in [-0.3, -0.25) is 9.05 Å². The average Bonchev–Trinajstić information content (AvgIpc) is 2.56. The monoisotopic (exact) mass is 384 g/mol. The molecule has 0 heterocycles. The zero-order valence-corrected chi connectivity index (χ0v) is 15.9. The number of rotatable bonds is 8. The van der Waals surface area contributed by atoms with Gasteiger partial charge in [-0.1, -0.05) is 11.6 Å². The summed E-state index contributed by atoms with van der Waals surface area (Å²) in [4.78, 5) is 0. The first kappa shape index (κ1) is 19.0. The van der Waals surface area contributed by atoms with Crippen molar-refractivity contribution in [2.24, 2.45) is 10.2 Å². The third kappa shape index (κ3) is 5.96. The van der Waals surface area contributed by atoms with Gasteiger partial charge in [-0.05, 0) is 62.4 Å². The second-order valence-electron chi connectivity index (χ2n) is 4.54. The van der Waals surface area contributed by atoms with Crippen LogP contribution in [0.25, 0.3) is 0 Å². The Kier molecular flexibility index (Phi) is 7.34. The van der Waals surface area contributed by atoms with Crippen molar-refractivity contribution in [2.75, 3.05) is 13.2 Å². The van der Waals surface area contributed by atoms with Crippen LogP contribution in [0.2, 0.25) is 5.02 Å². The van der Waals surface area contributed by atoms with E-state index in [0.29, 0.717) is 29.7 Å². The molecule has 0 saturated carbocycles. The number of halogens is 1. The van der Waals surface area contributed by atoms with Gasteiger partial charge in [0.15, 0.2) is 0 Å². The molecule has 0 amide bonds. The first-order valence-electron chi connectivity index (χ1n) is 7.40. The van der Waals surface area contributed by atoms with E-state index in [0.717, 1.165) is 5.69 Å². The van der Waals surface area contributed by atoms with Crippen molar-refractivity contribution >= 4 is 41.5 Å². The first-order valence-corrected chi connectivity index (χ1v) is 10.3. The summed E-state index contributed by atoms with van der Waals surface area (Å²) in [5, 5.41) is 8.97. The van der Waals surface area contributed by atoms with E-state index in [1.54, 1.807) is 48.5 Å². The molecule has 2 rings (SSSR count). The molecule has 2 aromatic rings. The fourth-order valence-corrected chi connectivity index (χ4v) is 3.94. The molecule has 0 aromatic heterocycles. The number of hydrogen-bond acceptors (Lipinski definition) is 6. The summed E-state index contributed by atoms with van der Waals surface area (Å²) in [5.41, 5.74) is 1.42. The normalized spacial score (nSPS) is 11.8. The largest absolute Gasteiger partial charge is 0.424 e. The lowest BCUT2D eigenvalue weighted by molar-refractivity contribution is 0.218. The molecule has 24 heavy (non-hydrogen) atoms. The van der Waals surface area contributed by atoms with Crippen LogP contribution in [0.3, 0.4) is 0 Å². The van der Waals surface area contributed by atoms with Gasteiger partial charge in [-0.2, -0.15) is 10.2 Å². The second-order valence-corrected chi connectivity index (χ2v) is 7.92. The van der Waals surface area contributed by atoms with E-state index in [4.69, 9.17) is 37.0 Å². The van der Waals surface area contributed by atoms with Gasteiger partial charge in [-0.25, -0.2) is 0 Å². The van der Waals surface area contributed by atoms with Crippen molar-refractivity contribution in [1.29, 1.82) is 0 Å².